The van der Waals surface area contributed by atoms with E-state index in [2.05, 4.69) is 98.8 Å². The van der Waals surface area contributed by atoms with Gasteiger partial charge in [-0.05, 0) is 47.2 Å². The van der Waals surface area contributed by atoms with Crippen LogP contribution in [-0.4, -0.2) is 6.54 Å². The Balaban J connectivity index is 2.24. The van der Waals surface area contributed by atoms with Crippen molar-refractivity contribution in [2.45, 2.75) is 19.8 Å². The fraction of sp³-hybridized carbons (Fsp3) is 0.167. The van der Waals surface area contributed by atoms with Gasteiger partial charge < -0.3 is 5.73 Å². The zero-order chi connectivity index (χ0) is 17.6. The average molecular weight is 327 g/mol. The molecule has 1 nitrogen and oxygen atoms in total. The number of hydrogen-bond acceptors (Lipinski definition) is 1. The Bertz CT molecular complexity index is 848. The third kappa shape index (κ3) is 3.72. The summed E-state index contributed by atoms with van der Waals surface area (Å²) in [6.45, 7) is 4.97. The molecule has 1 heteroatoms. The quantitative estimate of drug-likeness (QED) is 0.600. The topological polar surface area (TPSA) is 26.0 Å². The van der Waals surface area contributed by atoms with E-state index >= 15 is 0 Å². The lowest BCUT2D eigenvalue weighted by Gasteiger charge is -2.24. The molecule has 3 aromatic carbocycles. The second kappa shape index (κ2) is 7.96. The molecule has 0 aliphatic rings. The molecule has 1 unspecified atom stereocenters. The third-order valence-corrected chi connectivity index (χ3v) is 4.83. The lowest BCUT2D eigenvalue weighted by atomic mass is 9.81. The van der Waals surface area contributed by atoms with Crippen molar-refractivity contribution >= 4 is 11.1 Å². The molecule has 25 heavy (non-hydrogen) atoms. The van der Waals surface area contributed by atoms with Gasteiger partial charge in [0, 0.05) is 12.5 Å². The van der Waals surface area contributed by atoms with Gasteiger partial charge in [-0.25, -0.2) is 0 Å². The first kappa shape index (κ1) is 17.2. The highest BCUT2D eigenvalue weighted by molar-refractivity contribution is 5.93. The summed E-state index contributed by atoms with van der Waals surface area (Å²) in [7, 11) is 0. The normalized spacial score (nSPS) is 13.2. The Kier molecular flexibility index (Phi) is 5.47. The molecule has 0 bridgehead atoms. The molecule has 0 amide bonds. The highest BCUT2D eigenvalue weighted by Crippen LogP contribution is 2.38. The third-order valence-electron chi connectivity index (χ3n) is 4.83. The molecule has 0 spiro atoms. The smallest absolute Gasteiger partial charge is 0.0221 e. The summed E-state index contributed by atoms with van der Waals surface area (Å²) in [5.41, 5.74) is 13.9. The summed E-state index contributed by atoms with van der Waals surface area (Å²) in [6, 6.07) is 29.8. The standard InChI is InChI=1S/C24H25N/c1-18-11-9-10-16-22(18)24(19(2)20-12-5-3-6-13-20)23(17-25)21-14-7-4-8-15-21/h3-16,23H,17,25H2,1-2H3/b24-19-. The summed E-state index contributed by atoms with van der Waals surface area (Å²) < 4.78 is 0. The summed E-state index contributed by atoms with van der Waals surface area (Å²) in [4.78, 5) is 0. The van der Waals surface area contributed by atoms with Crippen molar-refractivity contribution in [3.05, 3.63) is 107 Å². The molecule has 1 atom stereocenters. The summed E-state index contributed by atoms with van der Waals surface area (Å²) in [5.74, 6) is 0.169. The van der Waals surface area contributed by atoms with Crippen LogP contribution >= 0.6 is 0 Å². The molecule has 0 saturated heterocycles. The molecule has 3 rings (SSSR count). The second-order valence-corrected chi connectivity index (χ2v) is 6.42. The molecule has 0 aromatic heterocycles. The largest absolute Gasteiger partial charge is 0.330 e. The van der Waals surface area contributed by atoms with Crippen LogP contribution in [0.25, 0.3) is 11.1 Å². The molecule has 0 heterocycles. The molecule has 0 fully saturated rings. The number of nitrogens with two attached hydrogens (primary N) is 1. The molecule has 0 saturated carbocycles. The van der Waals surface area contributed by atoms with E-state index in [1.165, 1.54) is 33.4 Å². The predicted octanol–water partition coefficient (Wildman–Crippen LogP) is 5.67. The van der Waals surface area contributed by atoms with Gasteiger partial charge in [-0.2, -0.15) is 0 Å². The first-order chi connectivity index (χ1) is 12.2. The summed E-state index contributed by atoms with van der Waals surface area (Å²) >= 11 is 0. The molecular formula is C24H25N. The van der Waals surface area contributed by atoms with Crippen LogP contribution < -0.4 is 5.73 Å². The van der Waals surface area contributed by atoms with Gasteiger partial charge in [-0.1, -0.05) is 84.9 Å². The molecule has 2 N–H and O–H groups in total. The molecular weight excluding hydrogens is 302 g/mol. The van der Waals surface area contributed by atoms with Crippen molar-refractivity contribution in [2.24, 2.45) is 5.73 Å². The molecule has 126 valence electrons. The molecule has 0 radical (unpaired) electrons. The van der Waals surface area contributed by atoms with E-state index < -0.39 is 0 Å². The fourth-order valence-corrected chi connectivity index (χ4v) is 3.48. The van der Waals surface area contributed by atoms with Crippen LogP contribution in [0.5, 0.6) is 0 Å². The van der Waals surface area contributed by atoms with E-state index in [0.29, 0.717) is 6.54 Å². The van der Waals surface area contributed by atoms with Gasteiger partial charge in [-0.15, -0.1) is 0 Å². The van der Waals surface area contributed by atoms with Crippen molar-refractivity contribution in [1.82, 2.24) is 0 Å². The average Bonchev–Trinajstić information content (AvgIpc) is 2.68. The van der Waals surface area contributed by atoms with Crippen molar-refractivity contribution in [3.8, 4) is 0 Å². The van der Waals surface area contributed by atoms with Gasteiger partial charge in [0.1, 0.15) is 0 Å². The van der Waals surface area contributed by atoms with Gasteiger partial charge in [-0.3, -0.25) is 0 Å². The maximum absolute atomic E-state index is 6.27. The van der Waals surface area contributed by atoms with Crippen molar-refractivity contribution in [2.75, 3.05) is 6.54 Å². The first-order valence-electron chi connectivity index (χ1n) is 8.79. The first-order valence-corrected chi connectivity index (χ1v) is 8.79. The Hall–Kier alpha value is -2.64. The van der Waals surface area contributed by atoms with E-state index in [1.54, 1.807) is 0 Å². The van der Waals surface area contributed by atoms with Crippen LogP contribution in [0, 0.1) is 6.92 Å². The van der Waals surface area contributed by atoms with Gasteiger partial charge in [0.25, 0.3) is 0 Å². The Morgan fingerprint density at radius 3 is 1.96 bits per heavy atom. The Labute approximate surface area is 150 Å². The summed E-state index contributed by atoms with van der Waals surface area (Å²) in [6.07, 6.45) is 0. The van der Waals surface area contributed by atoms with Gasteiger partial charge in [0.05, 0.1) is 0 Å². The van der Waals surface area contributed by atoms with Gasteiger partial charge in [0.15, 0.2) is 0 Å². The fourth-order valence-electron chi connectivity index (χ4n) is 3.48. The van der Waals surface area contributed by atoms with E-state index in [0.717, 1.165) is 0 Å². The highest BCUT2D eigenvalue weighted by atomic mass is 14.6. The lowest BCUT2D eigenvalue weighted by molar-refractivity contribution is 0.866. The number of benzene rings is 3. The monoisotopic (exact) mass is 327 g/mol. The highest BCUT2D eigenvalue weighted by Gasteiger charge is 2.21. The van der Waals surface area contributed by atoms with Crippen LogP contribution in [0.3, 0.4) is 0 Å². The number of allylic oxidation sites excluding steroid dienone is 1. The molecule has 0 aliphatic carbocycles. The maximum Gasteiger partial charge on any atom is 0.0221 e. The van der Waals surface area contributed by atoms with Gasteiger partial charge >= 0.3 is 0 Å². The Morgan fingerprint density at radius 1 is 0.800 bits per heavy atom. The van der Waals surface area contributed by atoms with Crippen molar-refractivity contribution in [1.29, 1.82) is 0 Å². The van der Waals surface area contributed by atoms with Crippen LogP contribution in [-0.2, 0) is 0 Å². The van der Waals surface area contributed by atoms with Crippen molar-refractivity contribution < 1.29 is 0 Å². The van der Waals surface area contributed by atoms with E-state index in [-0.39, 0.29) is 5.92 Å². The van der Waals surface area contributed by atoms with Gasteiger partial charge in [0.2, 0.25) is 0 Å². The number of rotatable bonds is 5. The van der Waals surface area contributed by atoms with E-state index in [9.17, 15) is 0 Å². The maximum atomic E-state index is 6.27. The Morgan fingerprint density at radius 2 is 1.36 bits per heavy atom. The minimum atomic E-state index is 0.169. The number of hydrogen-bond donors (Lipinski definition) is 1. The van der Waals surface area contributed by atoms with E-state index in [1.807, 2.05) is 0 Å². The lowest BCUT2D eigenvalue weighted by Crippen LogP contribution is -2.16. The zero-order valence-electron chi connectivity index (χ0n) is 14.9. The molecule has 0 aliphatic heterocycles. The van der Waals surface area contributed by atoms with Crippen LogP contribution in [0.4, 0.5) is 0 Å². The van der Waals surface area contributed by atoms with Crippen molar-refractivity contribution in [3.63, 3.8) is 0 Å². The number of aryl methyl sites for hydroxylation is 1. The van der Waals surface area contributed by atoms with Crippen LogP contribution in [0.1, 0.15) is 35.1 Å². The SMILES string of the molecule is C/C(=C(\c1ccccc1C)C(CN)c1ccccc1)c1ccccc1. The molecule has 3 aromatic rings. The minimum Gasteiger partial charge on any atom is -0.330 e. The van der Waals surface area contributed by atoms with Crippen LogP contribution in [0.15, 0.2) is 84.9 Å². The summed E-state index contributed by atoms with van der Waals surface area (Å²) in [5, 5.41) is 0. The zero-order valence-corrected chi connectivity index (χ0v) is 14.9. The second-order valence-electron chi connectivity index (χ2n) is 6.42. The van der Waals surface area contributed by atoms with Crippen LogP contribution in [0.2, 0.25) is 0 Å². The minimum absolute atomic E-state index is 0.169. The predicted molar refractivity (Wildman–Crippen MR) is 108 cm³/mol. The van der Waals surface area contributed by atoms with E-state index in [4.69, 9.17) is 5.73 Å².